The molecule has 0 radical (unpaired) electrons. The van der Waals surface area contributed by atoms with E-state index in [2.05, 4.69) is 29.7 Å². The Bertz CT molecular complexity index is 4090. The van der Waals surface area contributed by atoms with Gasteiger partial charge in [-0.3, -0.25) is 0 Å². The van der Waals surface area contributed by atoms with Gasteiger partial charge in [0.1, 0.15) is 23.1 Å². The normalized spacial score (nSPS) is 20.7. The number of pyridine rings is 3. The molecule has 91 heavy (non-hydrogen) atoms. The van der Waals surface area contributed by atoms with Crippen molar-refractivity contribution >= 4 is 103 Å². The van der Waals surface area contributed by atoms with Crippen LogP contribution in [0, 0.1) is 35.5 Å². The number of halogens is 3. The highest BCUT2D eigenvalue weighted by Gasteiger charge is 2.40. The van der Waals surface area contributed by atoms with Crippen LogP contribution in [0.15, 0.2) is 91.4 Å². The van der Waals surface area contributed by atoms with Crippen molar-refractivity contribution in [3.8, 4) is 51.0 Å². The number of hydrogen-bond acceptors (Lipinski definition) is 16. The summed E-state index contributed by atoms with van der Waals surface area (Å²) >= 11 is 19.7. The maximum Gasteiger partial charge on any atom is 0.340 e. The number of carboxylic acids is 2. The molecule has 6 atom stereocenters. The van der Waals surface area contributed by atoms with E-state index in [-0.39, 0.29) is 17.1 Å². The van der Waals surface area contributed by atoms with Crippen molar-refractivity contribution in [2.24, 2.45) is 35.5 Å². The number of aromatic nitrogens is 6. The number of esters is 1. The van der Waals surface area contributed by atoms with E-state index in [0.717, 1.165) is 130 Å². The Labute approximate surface area is 538 Å². The molecule has 0 spiro atoms. The Balaban J connectivity index is 0.000000125. The molecule has 12 heterocycles. The molecule has 0 bridgehead atoms. The summed E-state index contributed by atoms with van der Waals surface area (Å²) in [6, 6.07) is 22.5. The number of fused-ring (bicyclic) bond motifs is 6. The zero-order valence-electron chi connectivity index (χ0n) is 50.9. The van der Waals surface area contributed by atoms with Gasteiger partial charge in [-0.15, -0.1) is 0 Å². The lowest BCUT2D eigenvalue weighted by Gasteiger charge is -2.20. The molecule has 6 saturated heterocycles. The Morgan fingerprint density at radius 2 is 0.747 bits per heavy atom. The van der Waals surface area contributed by atoms with Gasteiger partial charge in [0, 0.05) is 159 Å². The molecule has 9 aromatic rings. The number of anilines is 3. The number of hydrogen-bond donors (Lipinski definition) is 5. The van der Waals surface area contributed by atoms with Gasteiger partial charge in [-0.25, -0.2) is 14.4 Å². The molecule has 6 fully saturated rings. The second-order valence-electron chi connectivity index (χ2n) is 24.9. The zero-order chi connectivity index (χ0) is 63.6. The van der Waals surface area contributed by atoms with Gasteiger partial charge in [0.15, 0.2) is 0 Å². The van der Waals surface area contributed by atoms with Crippen LogP contribution in [0.2, 0.25) is 15.1 Å². The number of aromatic amines is 3. The first-order valence-electron chi connectivity index (χ1n) is 30.1. The van der Waals surface area contributed by atoms with Crippen LogP contribution in [-0.4, -0.2) is 164 Å². The Hall–Kier alpha value is -8.31. The van der Waals surface area contributed by atoms with E-state index in [1.807, 2.05) is 69.3 Å². The summed E-state index contributed by atoms with van der Waals surface area (Å²) in [6.07, 6.45) is 4.60. The third kappa shape index (κ3) is 12.1. The number of aromatic carboxylic acids is 2. The molecule has 6 aliphatic heterocycles. The molecule has 0 amide bonds. The summed E-state index contributed by atoms with van der Waals surface area (Å²) in [7, 11) is 4.76. The number of carbonyl (C=O) groups excluding carboxylic acids is 1. The maximum absolute atomic E-state index is 12.7. The van der Waals surface area contributed by atoms with Crippen LogP contribution < -0.4 is 28.9 Å². The van der Waals surface area contributed by atoms with Gasteiger partial charge in [-0.05, 0) is 93.6 Å². The second kappa shape index (κ2) is 25.1. The van der Waals surface area contributed by atoms with Crippen LogP contribution in [0.5, 0.6) is 17.6 Å². The molecule has 15 rings (SSSR count). The number of benzene rings is 3. The van der Waals surface area contributed by atoms with Crippen molar-refractivity contribution in [3.63, 3.8) is 0 Å². The summed E-state index contributed by atoms with van der Waals surface area (Å²) in [5.41, 5.74) is 6.73. The van der Waals surface area contributed by atoms with Crippen LogP contribution in [0.4, 0.5) is 17.5 Å². The van der Waals surface area contributed by atoms with Gasteiger partial charge in [-0.1, -0.05) is 34.8 Å². The van der Waals surface area contributed by atoms with E-state index in [1.54, 1.807) is 51.8 Å². The van der Waals surface area contributed by atoms with Crippen LogP contribution in [-0.2, 0) is 18.9 Å². The third-order valence-corrected chi connectivity index (χ3v) is 19.0. The fraction of sp³-hybridized carbons (Fsp3) is 0.373. The third-order valence-electron chi connectivity index (χ3n) is 18.1. The Morgan fingerprint density at radius 3 is 1.02 bits per heavy atom. The Kier molecular flexibility index (Phi) is 16.9. The average molecular weight is 1300 g/mol. The largest absolute Gasteiger partial charge is 0.480 e. The van der Waals surface area contributed by atoms with Crippen molar-refractivity contribution in [2.45, 2.75) is 26.4 Å². The summed E-state index contributed by atoms with van der Waals surface area (Å²) in [6.45, 7) is 16.0. The number of methoxy groups -OCH3 is 3. The van der Waals surface area contributed by atoms with Crippen LogP contribution in [0.1, 0.15) is 51.8 Å². The van der Waals surface area contributed by atoms with E-state index in [0.29, 0.717) is 107 Å². The van der Waals surface area contributed by atoms with Crippen molar-refractivity contribution < 1.29 is 57.8 Å². The summed E-state index contributed by atoms with van der Waals surface area (Å²) in [5.74, 6) is 5.03. The molecule has 6 aliphatic rings. The SMILES string of the molecule is COc1nc(N2C[C@@H]3COC[C@H]3C2)ccc1-c1cc2c(C(=O)O)c[nH]c2cc1Cl.COc1nc(N2C[C@@H]3COC[C@H]3C2)ccc1-c1cc2c(C(=O)OC(C)(C)C)c[nH]c2cc1Cl.COc1nc(N2C[C@H]3COC[C@@H]3C2)ccc1-c1cc2c(C(=O)O)c[nH]c2cc1Cl. The lowest BCUT2D eigenvalue weighted by Crippen LogP contribution is -2.23. The van der Waals surface area contributed by atoms with Crippen molar-refractivity contribution in [1.82, 2.24) is 29.9 Å². The van der Waals surface area contributed by atoms with Gasteiger partial charge in [0.05, 0.1) is 92.7 Å². The number of rotatable bonds is 12. The highest BCUT2D eigenvalue weighted by molar-refractivity contribution is 6.35. The van der Waals surface area contributed by atoms with Gasteiger partial charge in [0.25, 0.3) is 0 Å². The smallest absolute Gasteiger partial charge is 0.340 e. The molecule has 5 N–H and O–H groups in total. The molecule has 0 aliphatic carbocycles. The van der Waals surface area contributed by atoms with Gasteiger partial charge in [-0.2, -0.15) is 15.0 Å². The topological polar surface area (TPSA) is 252 Å². The van der Waals surface area contributed by atoms with E-state index in [1.165, 1.54) is 12.4 Å². The first kappa shape index (κ1) is 61.5. The van der Waals surface area contributed by atoms with E-state index >= 15 is 0 Å². The summed E-state index contributed by atoms with van der Waals surface area (Å²) in [4.78, 5) is 65.8. The van der Waals surface area contributed by atoms with E-state index in [4.69, 9.17) is 82.9 Å². The molecular weight excluding hydrogens is 1230 g/mol. The molecule has 474 valence electrons. The van der Waals surface area contributed by atoms with Gasteiger partial charge >= 0.3 is 17.9 Å². The lowest BCUT2D eigenvalue weighted by molar-refractivity contribution is 0.00713. The Morgan fingerprint density at radius 1 is 0.462 bits per heavy atom. The number of nitrogens with one attached hydrogen (secondary N) is 3. The zero-order valence-corrected chi connectivity index (χ0v) is 53.2. The first-order valence-corrected chi connectivity index (χ1v) is 31.2. The van der Waals surface area contributed by atoms with Crippen molar-refractivity contribution in [3.05, 3.63) is 123 Å². The predicted molar refractivity (Wildman–Crippen MR) is 348 cm³/mol. The van der Waals surface area contributed by atoms with E-state index < -0.39 is 17.5 Å². The van der Waals surface area contributed by atoms with Crippen LogP contribution >= 0.6 is 34.8 Å². The lowest BCUT2D eigenvalue weighted by atomic mass is 10.0. The van der Waals surface area contributed by atoms with Gasteiger partial charge in [0.2, 0.25) is 17.6 Å². The maximum atomic E-state index is 12.7. The summed E-state index contributed by atoms with van der Waals surface area (Å²) < 4.78 is 39.1. The molecular formula is C67H68Cl3N9O12. The molecule has 24 heteroatoms. The minimum atomic E-state index is -0.992. The quantitative estimate of drug-likeness (QED) is 0.0713. The van der Waals surface area contributed by atoms with E-state index in [9.17, 15) is 24.6 Å². The van der Waals surface area contributed by atoms with Crippen molar-refractivity contribution in [1.29, 1.82) is 0 Å². The van der Waals surface area contributed by atoms with Gasteiger partial charge < -0.3 is 73.0 Å². The highest BCUT2D eigenvalue weighted by atomic mass is 35.5. The minimum Gasteiger partial charge on any atom is -0.480 e. The fourth-order valence-corrected chi connectivity index (χ4v) is 14.2. The summed E-state index contributed by atoms with van der Waals surface area (Å²) in [5, 5.41) is 22.3. The number of nitrogens with zero attached hydrogens (tertiary/aromatic N) is 6. The van der Waals surface area contributed by atoms with Crippen molar-refractivity contribution in [2.75, 3.05) is 115 Å². The average Bonchev–Trinajstić information content (AvgIpc) is 1.83. The number of carbonyl (C=O) groups is 3. The van der Waals surface area contributed by atoms with Crippen LogP contribution in [0.3, 0.4) is 0 Å². The number of ether oxygens (including phenoxy) is 7. The predicted octanol–water partition coefficient (Wildman–Crippen LogP) is 12.3. The number of carboxylic acid groups (broad SMARTS) is 2. The molecule has 6 aromatic heterocycles. The standard InChI is InChI=1S/C25H28ClN3O4.2C21H20ClN3O4/c1-25(2,3)33-24(30)19-9-27-21-8-20(26)17(7-18(19)21)16-5-6-22(28-23(16)31-4)29-10-14-12-32-13-15(14)11-29;2*1-28-20-13(2-3-19(24-20)25-7-11-9-29-10-12(11)8-25)14-4-15-16(21(26)27)6-23-18(15)5-17(14)22/h5-9,14-15,27H,10-13H2,1-4H3;2*2-6,11-12,23H,7-10H2,1H3,(H,26,27)/t14-,15-;2*11-,12-/m110/s1. The molecule has 3 aromatic carbocycles. The first-order chi connectivity index (χ1) is 43.8. The fourth-order valence-electron chi connectivity index (χ4n) is 13.4. The monoisotopic (exact) mass is 1300 g/mol. The second-order valence-corrected chi connectivity index (χ2v) is 26.1. The number of H-pyrrole nitrogens is 3. The molecule has 21 nitrogen and oxygen atoms in total. The molecule has 0 saturated carbocycles. The van der Waals surface area contributed by atoms with Crippen LogP contribution in [0.25, 0.3) is 66.1 Å². The minimum absolute atomic E-state index is 0.201. The highest BCUT2D eigenvalue weighted by Crippen LogP contribution is 2.44. The molecule has 0 unspecified atom stereocenters.